The van der Waals surface area contributed by atoms with E-state index < -0.39 is 17.5 Å². The van der Waals surface area contributed by atoms with Crippen molar-refractivity contribution >= 4 is 39.3 Å². The summed E-state index contributed by atoms with van der Waals surface area (Å²) >= 11 is 4.87. The van der Waals surface area contributed by atoms with Gasteiger partial charge in [-0.15, -0.1) is 11.3 Å². The van der Waals surface area contributed by atoms with E-state index in [1.807, 2.05) is 11.4 Å². The lowest BCUT2D eigenvalue weighted by atomic mass is 9.99. The molecular formula is C11H13BrN2O4S. The highest BCUT2D eigenvalue weighted by molar-refractivity contribution is 9.10. The van der Waals surface area contributed by atoms with Crippen molar-refractivity contribution in [3.63, 3.8) is 0 Å². The van der Waals surface area contributed by atoms with Gasteiger partial charge in [-0.1, -0.05) is 0 Å². The molecule has 2 heterocycles. The Balaban J connectivity index is 1.90. The van der Waals surface area contributed by atoms with E-state index in [9.17, 15) is 14.7 Å². The van der Waals surface area contributed by atoms with E-state index in [0.717, 1.165) is 9.35 Å². The van der Waals surface area contributed by atoms with Crippen molar-refractivity contribution in [2.45, 2.75) is 18.5 Å². The number of carbonyl (C=O) groups is 2. The Morgan fingerprint density at radius 1 is 1.58 bits per heavy atom. The molecule has 0 radical (unpaired) electrons. The standard InChI is InChI=1S/C11H13BrN2O4S/c12-7-1-4-19-8(7)5-13-10(17)14-11(9(15)16)2-3-18-6-11/h1,4H,2-3,5-6H2,(H,15,16)(H2,13,14,17). The number of carbonyl (C=O) groups excluding carboxylic acids is 1. The number of carboxylic acids is 1. The molecule has 0 saturated carbocycles. The van der Waals surface area contributed by atoms with Crippen LogP contribution in [0.2, 0.25) is 0 Å². The van der Waals surface area contributed by atoms with Gasteiger partial charge in [0.1, 0.15) is 0 Å². The number of hydrogen-bond acceptors (Lipinski definition) is 4. The number of carboxylic acid groups (broad SMARTS) is 1. The SMILES string of the molecule is O=C(NCc1sccc1Br)NC1(C(=O)O)CCOC1. The van der Waals surface area contributed by atoms with Gasteiger partial charge in [0.25, 0.3) is 0 Å². The van der Waals surface area contributed by atoms with Gasteiger partial charge in [-0.25, -0.2) is 9.59 Å². The average molecular weight is 349 g/mol. The molecule has 104 valence electrons. The fraction of sp³-hybridized carbons (Fsp3) is 0.455. The number of urea groups is 1. The number of ether oxygens (including phenoxy) is 1. The fourth-order valence-corrected chi connectivity index (χ4v) is 3.19. The molecule has 2 rings (SSSR count). The van der Waals surface area contributed by atoms with Crippen LogP contribution in [-0.2, 0) is 16.1 Å². The van der Waals surface area contributed by atoms with Gasteiger partial charge in [0.05, 0.1) is 13.2 Å². The van der Waals surface area contributed by atoms with Crippen LogP contribution in [0.4, 0.5) is 4.79 Å². The molecule has 1 aliphatic rings. The summed E-state index contributed by atoms with van der Waals surface area (Å²) in [7, 11) is 0. The molecule has 1 unspecified atom stereocenters. The van der Waals surface area contributed by atoms with E-state index in [-0.39, 0.29) is 13.0 Å². The van der Waals surface area contributed by atoms with Gasteiger partial charge in [0, 0.05) is 22.4 Å². The Labute approximate surface area is 122 Å². The topological polar surface area (TPSA) is 87.7 Å². The van der Waals surface area contributed by atoms with Crippen molar-refractivity contribution in [1.29, 1.82) is 0 Å². The maximum atomic E-state index is 11.8. The number of rotatable bonds is 4. The Morgan fingerprint density at radius 3 is 2.89 bits per heavy atom. The first kappa shape index (κ1) is 14.3. The number of hydrogen-bond donors (Lipinski definition) is 3. The van der Waals surface area contributed by atoms with Crippen molar-refractivity contribution in [3.8, 4) is 0 Å². The predicted octanol–water partition coefficient (Wildman–Crippen LogP) is 1.55. The number of thiophene rings is 1. The van der Waals surface area contributed by atoms with Gasteiger partial charge in [-0.3, -0.25) is 0 Å². The lowest BCUT2D eigenvalue weighted by Gasteiger charge is -2.23. The van der Waals surface area contributed by atoms with E-state index in [1.165, 1.54) is 11.3 Å². The summed E-state index contributed by atoms with van der Waals surface area (Å²) in [6.07, 6.45) is 0.276. The molecule has 1 aromatic heterocycles. The van der Waals surface area contributed by atoms with E-state index >= 15 is 0 Å². The molecule has 0 aliphatic carbocycles. The van der Waals surface area contributed by atoms with Gasteiger partial charge in [-0.2, -0.15) is 0 Å². The summed E-state index contributed by atoms with van der Waals surface area (Å²) in [5.74, 6) is -1.07. The van der Waals surface area contributed by atoms with Crippen LogP contribution < -0.4 is 10.6 Å². The number of amides is 2. The fourth-order valence-electron chi connectivity index (χ4n) is 1.76. The molecule has 0 bridgehead atoms. The number of nitrogens with one attached hydrogen (secondary N) is 2. The van der Waals surface area contributed by atoms with E-state index in [2.05, 4.69) is 26.6 Å². The number of aliphatic carboxylic acids is 1. The van der Waals surface area contributed by atoms with Crippen LogP contribution in [0.15, 0.2) is 15.9 Å². The van der Waals surface area contributed by atoms with Gasteiger partial charge >= 0.3 is 12.0 Å². The number of halogens is 1. The zero-order chi connectivity index (χ0) is 13.9. The Kier molecular flexibility index (Phi) is 4.43. The lowest BCUT2D eigenvalue weighted by molar-refractivity contribution is -0.144. The highest BCUT2D eigenvalue weighted by Gasteiger charge is 2.43. The second kappa shape index (κ2) is 5.89. The van der Waals surface area contributed by atoms with Crippen molar-refractivity contribution in [1.82, 2.24) is 10.6 Å². The minimum atomic E-state index is -1.31. The first-order valence-corrected chi connectivity index (χ1v) is 7.30. The van der Waals surface area contributed by atoms with Crippen LogP contribution in [0.5, 0.6) is 0 Å². The normalized spacial score (nSPS) is 22.2. The second-order valence-electron chi connectivity index (χ2n) is 4.19. The average Bonchev–Trinajstić information content (AvgIpc) is 2.97. The molecule has 1 aliphatic heterocycles. The van der Waals surface area contributed by atoms with E-state index in [4.69, 9.17) is 4.74 Å². The van der Waals surface area contributed by atoms with Crippen LogP contribution in [0.25, 0.3) is 0 Å². The van der Waals surface area contributed by atoms with Gasteiger partial charge < -0.3 is 20.5 Å². The third kappa shape index (κ3) is 3.26. The minimum Gasteiger partial charge on any atom is -0.479 e. The summed E-state index contributed by atoms with van der Waals surface area (Å²) in [6.45, 7) is 0.683. The molecule has 8 heteroatoms. The monoisotopic (exact) mass is 348 g/mol. The van der Waals surface area contributed by atoms with Crippen molar-refractivity contribution in [2.24, 2.45) is 0 Å². The Bertz CT molecular complexity index is 485. The predicted molar refractivity (Wildman–Crippen MR) is 73.2 cm³/mol. The molecule has 3 N–H and O–H groups in total. The Morgan fingerprint density at radius 2 is 2.37 bits per heavy atom. The third-order valence-corrected chi connectivity index (χ3v) is 4.81. The van der Waals surface area contributed by atoms with Crippen LogP contribution in [0, 0.1) is 0 Å². The quantitative estimate of drug-likeness (QED) is 0.770. The molecule has 1 atom stereocenters. The Hall–Kier alpha value is -1.12. The van der Waals surface area contributed by atoms with E-state index in [0.29, 0.717) is 13.2 Å². The second-order valence-corrected chi connectivity index (χ2v) is 6.04. The first-order valence-electron chi connectivity index (χ1n) is 5.62. The summed E-state index contributed by atoms with van der Waals surface area (Å²) in [5.41, 5.74) is -1.31. The first-order chi connectivity index (χ1) is 9.03. The lowest BCUT2D eigenvalue weighted by Crippen LogP contribution is -2.57. The molecule has 1 fully saturated rings. The summed E-state index contributed by atoms with van der Waals surface area (Å²) in [5, 5.41) is 16.2. The highest BCUT2D eigenvalue weighted by atomic mass is 79.9. The van der Waals surface area contributed by atoms with Crippen molar-refractivity contribution in [3.05, 3.63) is 20.8 Å². The van der Waals surface area contributed by atoms with Crippen LogP contribution in [0.1, 0.15) is 11.3 Å². The zero-order valence-electron chi connectivity index (χ0n) is 9.94. The molecule has 1 aromatic rings. The minimum absolute atomic E-state index is 0.00154. The van der Waals surface area contributed by atoms with Gasteiger partial charge in [-0.05, 0) is 27.4 Å². The summed E-state index contributed by atoms with van der Waals surface area (Å²) in [4.78, 5) is 24.0. The highest BCUT2D eigenvalue weighted by Crippen LogP contribution is 2.22. The molecule has 2 amide bonds. The molecule has 0 aromatic carbocycles. The molecule has 19 heavy (non-hydrogen) atoms. The van der Waals surface area contributed by atoms with Crippen molar-refractivity contribution < 1.29 is 19.4 Å². The van der Waals surface area contributed by atoms with Gasteiger partial charge in [0.15, 0.2) is 5.54 Å². The van der Waals surface area contributed by atoms with Crippen LogP contribution >= 0.6 is 27.3 Å². The summed E-state index contributed by atoms with van der Waals surface area (Å²) in [6, 6.07) is 1.39. The van der Waals surface area contributed by atoms with Crippen LogP contribution in [-0.4, -0.2) is 35.9 Å². The third-order valence-electron chi connectivity index (χ3n) is 2.88. The zero-order valence-corrected chi connectivity index (χ0v) is 12.3. The molecule has 6 nitrogen and oxygen atoms in total. The summed E-state index contributed by atoms with van der Waals surface area (Å²) < 4.78 is 5.99. The van der Waals surface area contributed by atoms with Crippen molar-refractivity contribution in [2.75, 3.05) is 13.2 Å². The maximum absolute atomic E-state index is 11.8. The molecule has 0 spiro atoms. The molecule has 1 saturated heterocycles. The molecular weight excluding hydrogens is 336 g/mol. The van der Waals surface area contributed by atoms with E-state index in [1.54, 1.807) is 0 Å². The van der Waals surface area contributed by atoms with Gasteiger partial charge in [0.2, 0.25) is 0 Å². The maximum Gasteiger partial charge on any atom is 0.332 e. The smallest absolute Gasteiger partial charge is 0.332 e. The van der Waals surface area contributed by atoms with Crippen LogP contribution in [0.3, 0.4) is 0 Å². The largest absolute Gasteiger partial charge is 0.479 e.